The van der Waals surface area contributed by atoms with E-state index < -0.39 is 0 Å². The Bertz CT molecular complexity index is 705. The van der Waals surface area contributed by atoms with Crippen molar-refractivity contribution in [3.63, 3.8) is 0 Å². The van der Waals surface area contributed by atoms with Crippen LogP contribution < -0.4 is 15.2 Å². The summed E-state index contributed by atoms with van der Waals surface area (Å²) >= 11 is 0. The molecule has 122 valence electrons. The number of hydrogen-bond donors (Lipinski definition) is 1. The number of aromatic nitrogens is 3. The molecule has 1 aliphatic rings. The van der Waals surface area contributed by atoms with E-state index in [9.17, 15) is 4.79 Å². The first-order valence-corrected chi connectivity index (χ1v) is 7.80. The summed E-state index contributed by atoms with van der Waals surface area (Å²) in [6.45, 7) is 6.84. The topological polar surface area (TPSA) is 74.4 Å². The Morgan fingerprint density at radius 2 is 1.83 bits per heavy atom. The lowest BCUT2D eigenvalue weighted by molar-refractivity contribution is 0.269. The molecule has 0 amide bonds. The van der Waals surface area contributed by atoms with Crippen LogP contribution in [-0.2, 0) is 0 Å². The Labute approximate surface area is 134 Å². The fourth-order valence-electron chi connectivity index (χ4n) is 2.68. The lowest BCUT2D eigenvalue weighted by atomic mass is 10.1. The van der Waals surface area contributed by atoms with Gasteiger partial charge in [-0.2, -0.15) is 0 Å². The summed E-state index contributed by atoms with van der Waals surface area (Å²) in [7, 11) is 1.61. The predicted molar refractivity (Wildman–Crippen MR) is 89.0 cm³/mol. The second-order valence-electron chi connectivity index (χ2n) is 5.48. The van der Waals surface area contributed by atoms with Gasteiger partial charge in [-0.15, -0.1) is 10.2 Å². The number of rotatable bonds is 4. The quantitative estimate of drug-likeness (QED) is 0.907. The van der Waals surface area contributed by atoms with Gasteiger partial charge in [0.15, 0.2) is 5.69 Å². The van der Waals surface area contributed by atoms with Crippen LogP contribution in [0.25, 0.3) is 11.3 Å². The van der Waals surface area contributed by atoms with Crippen molar-refractivity contribution in [1.82, 2.24) is 20.1 Å². The smallest absolute Gasteiger partial charge is 0.279 e. The third-order valence-electron chi connectivity index (χ3n) is 4.17. The first-order chi connectivity index (χ1) is 11.2. The molecular formula is C16H21N5O2. The molecule has 0 unspecified atom stereocenters. The van der Waals surface area contributed by atoms with Gasteiger partial charge >= 0.3 is 0 Å². The van der Waals surface area contributed by atoms with E-state index in [1.54, 1.807) is 31.4 Å². The number of benzene rings is 1. The van der Waals surface area contributed by atoms with E-state index in [0.29, 0.717) is 11.6 Å². The van der Waals surface area contributed by atoms with Gasteiger partial charge in [-0.1, -0.05) is 6.92 Å². The zero-order valence-electron chi connectivity index (χ0n) is 13.5. The molecule has 23 heavy (non-hydrogen) atoms. The SMILES string of the molecule is CCN1CCN(c2nnc(-c3ccc(OC)cc3)c(=O)[nH]2)CC1. The summed E-state index contributed by atoms with van der Waals surface area (Å²) in [5.74, 6) is 1.28. The number of hydrogen-bond acceptors (Lipinski definition) is 6. The lowest BCUT2D eigenvalue weighted by Gasteiger charge is -2.33. The zero-order valence-corrected chi connectivity index (χ0v) is 13.5. The van der Waals surface area contributed by atoms with Crippen molar-refractivity contribution in [2.45, 2.75) is 6.92 Å². The Morgan fingerprint density at radius 3 is 2.39 bits per heavy atom. The van der Waals surface area contributed by atoms with Crippen molar-refractivity contribution >= 4 is 5.95 Å². The Morgan fingerprint density at radius 1 is 1.13 bits per heavy atom. The molecule has 1 N–H and O–H groups in total. The average molecular weight is 315 g/mol. The number of piperazine rings is 1. The first-order valence-electron chi connectivity index (χ1n) is 7.80. The van der Waals surface area contributed by atoms with Crippen molar-refractivity contribution in [3.8, 4) is 17.0 Å². The molecule has 1 aromatic heterocycles. The highest BCUT2D eigenvalue weighted by atomic mass is 16.5. The maximum absolute atomic E-state index is 12.3. The van der Waals surface area contributed by atoms with Gasteiger partial charge in [-0.25, -0.2) is 0 Å². The molecule has 0 spiro atoms. The van der Waals surface area contributed by atoms with Gasteiger partial charge in [-0.05, 0) is 30.8 Å². The van der Waals surface area contributed by atoms with E-state index >= 15 is 0 Å². The van der Waals surface area contributed by atoms with Crippen LogP contribution in [0.15, 0.2) is 29.1 Å². The van der Waals surface area contributed by atoms with Crippen molar-refractivity contribution < 1.29 is 4.74 Å². The van der Waals surface area contributed by atoms with Crippen LogP contribution in [0.1, 0.15) is 6.92 Å². The molecule has 0 bridgehead atoms. The number of nitrogens with one attached hydrogen (secondary N) is 1. The number of ether oxygens (including phenoxy) is 1. The molecule has 0 aliphatic carbocycles. The van der Waals surface area contributed by atoms with Crippen LogP contribution in [0.5, 0.6) is 5.75 Å². The summed E-state index contributed by atoms with van der Waals surface area (Å²) in [6, 6.07) is 7.21. The number of aromatic amines is 1. The van der Waals surface area contributed by atoms with Crippen molar-refractivity contribution in [3.05, 3.63) is 34.6 Å². The second kappa shape index (κ2) is 6.78. The Hall–Kier alpha value is -2.41. The van der Waals surface area contributed by atoms with Crippen molar-refractivity contribution in [1.29, 1.82) is 0 Å². The number of methoxy groups -OCH3 is 1. The average Bonchev–Trinajstić information content (AvgIpc) is 2.62. The molecule has 1 aliphatic heterocycles. The predicted octanol–water partition coefficient (Wildman–Crippen LogP) is 0.982. The van der Waals surface area contributed by atoms with Crippen molar-refractivity contribution in [2.75, 3.05) is 44.7 Å². The fraction of sp³-hybridized carbons (Fsp3) is 0.438. The molecule has 2 heterocycles. The van der Waals surface area contributed by atoms with E-state index in [1.165, 1.54) is 0 Å². The van der Waals surface area contributed by atoms with Crippen LogP contribution in [0.3, 0.4) is 0 Å². The first kappa shape index (κ1) is 15.5. The minimum atomic E-state index is -0.224. The van der Waals surface area contributed by atoms with Gasteiger partial charge in [0.25, 0.3) is 5.56 Å². The third kappa shape index (κ3) is 3.34. The molecule has 1 aromatic carbocycles. The molecule has 7 heteroatoms. The van der Waals surface area contributed by atoms with Gasteiger partial charge in [0.2, 0.25) is 5.95 Å². The lowest BCUT2D eigenvalue weighted by Crippen LogP contribution is -2.47. The largest absolute Gasteiger partial charge is 0.497 e. The zero-order chi connectivity index (χ0) is 16.2. The van der Waals surface area contributed by atoms with Gasteiger partial charge in [-0.3, -0.25) is 9.78 Å². The highest BCUT2D eigenvalue weighted by Crippen LogP contribution is 2.18. The van der Waals surface area contributed by atoms with E-state index in [4.69, 9.17) is 4.74 Å². The summed E-state index contributed by atoms with van der Waals surface area (Å²) in [4.78, 5) is 19.6. The van der Waals surface area contributed by atoms with Gasteiger partial charge in [0.1, 0.15) is 5.75 Å². The van der Waals surface area contributed by atoms with Crippen LogP contribution in [-0.4, -0.2) is 59.9 Å². The number of anilines is 1. The molecule has 2 aromatic rings. The van der Waals surface area contributed by atoms with Gasteiger partial charge in [0.05, 0.1) is 7.11 Å². The molecule has 1 fully saturated rings. The summed E-state index contributed by atoms with van der Waals surface area (Å²) in [6.07, 6.45) is 0. The van der Waals surface area contributed by atoms with Crippen molar-refractivity contribution in [2.24, 2.45) is 0 Å². The minimum Gasteiger partial charge on any atom is -0.497 e. The summed E-state index contributed by atoms with van der Waals surface area (Å²) < 4.78 is 5.12. The van der Waals surface area contributed by atoms with Crippen LogP contribution >= 0.6 is 0 Å². The minimum absolute atomic E-state index is 0.224. The standard InChI is InChI=1S/C16H21N5O2/c1-3-20-8-10-21(11-9-20)16-17-15(22)14(18-19-16)12-4-6-13(23-2)7-5-12/h4-7H,3,8-11H2,1-2H3,(H,17,19,22). The number of H-pyrrole nitrogens is 1. The molecule has 3 rings (SSSR count). The normalized spacial score (nSPS) is 15.7. The van der Waals surface area contributed by atoms with Gasteiger partial charge in [0, 0.05) is 31.7 Å². The van der Waals surface area contributed by atoms with Crippen LogP contribution in [0.2, 0.25) is 0 Å². The summed E-state index contributed by atoms with van der Waals surface area (Å²) in [5.41, 5.74) is 0.823. The Balaban J connectivity index is 1.79. The molecule has 0 saturated carbocycles. The number of nitrogens with zero attached hydrogens (tertiary/aromatic N) is 4. The van der Waals surface area contributed by atoms with E-state index in [1.807, 2.05) is 0 Å². The van der Waals surface area contributed by atoms with E-state index in [-0.39, 0.29) is 5.56 Å². The molecule has 7 nitrogen and oxygen atoms in total. The van der Waals surface area contributed by atoms with Crippen LogP contribution in [0.4, 0.5) is 5.95 Å². The molecule has 0 radical (unpaired) electrons. The maximum Gasteiger partial charge on any atom is 0.279 e. The highest BCUT2D eigenvalue weighted by Gasteiger charge is 2.18. The third-order valence-corrected chi connectivity index (χ3v) is 4.17. The van der Waals surface area contributed by atoms with Gasteiger partial charge < -0.3 is 14.5 Å². The molecule has 1 saturated heterocycles. The molecular weight excluding hydrogens is 294 g/mol. The maximum atomic E-state index is 12.3. The summed E-state index contributed by atoms with van der Waals surface area (Å²) in [5, 5.41) is 8.33. The Kier molecular flexibility index (Phi) is 4.57. The second-order valence-corrected chi connectivity index (χ2v) is 5.48. The van der Waals surface area contributed by atoms with Crippen LogP contribution in [0, 0.1) is 0 Å². The van der Waals surface area contributed by atoms with E-state index in [2.05, 4.69) is 31.9 Å². The number of likely N-dealkylation sites (N-methyl/N-ethyl adjacent to an activating group) is 1. The molecule has 0 atom stereocenters. The fourth-order valence-corrected chi connectivity index (χ4v) is 2.68. The van der Waals surface area contributed by atoms with E-state index in [0.717, 1.165) is 44.0 Å². The highest BCUT2D eigenvalue weighted by molar-refractivity contribution is 5.59. The monoisotopic (exact) mass is 315 g/mol.